The van der Waals surface area contributed by atoms with Crippen molar-refractivity contribution in [1.29, 1.82) is 0 Å². The second-order valence-electron chi connectivity index (χ2n) is 4.97. The second kappa shape index (κ2) is 3.93. The van der Waals surface area contributed by atoms with E-state index in [9.17, 15) is 9.18 Å². The number of halogens is 2. The van der Waals surface area contributed by atoms with Crippen LogP contribution >= 0.6 is 11.6 Å². The van der Waals surface area contributed by atoms with Crippen LogP contribution in [0, 0.1) is 5.41 Å². The van der Waals surface area contributed by atoms with Crippen molar-refractivity contribution in [3.05, 3.63) is 0 Å². The van der Waals surface area contributed by atoms with Gasteiger partial charge in [-0.25, -0.2) is 4.39 Å². The lowest BCUT2D eigenvalue weighted by molar-refractivity contribution is -0.127. The van der Waals surface area contributed by atoms with Gasteiger partial charge in [0.2, 0.25) is 5.91 Å². The highest BCUT2D eigenvalue weighted by atomic mass is 35.5. The first-order valence-electron chi connectivity index (χ1n) is 5.63. The smallest absolute Gasteiger partial charge is 0.229 e. The molecule has 4 heteroatoms. The quantitative estimate of drug-likeness (QED) is 0.730. The van der Waals surface area contributed by atoms with Gasteiger partial charge in [0.15, 0.2) is 0 Å². The highest BCUT2D eigenvalue weighted by Crippen LogP contribution is 2.48. The molecule has 0 heterocycles. The van der Waals surface area contributed by atoms with Crippen LogP contribution in [-0.4, -0.2) is 23.5 Å². The summed E-state index contributed by atoms with van der Waals surface area (Å²) in [6.45, 7) is 1.68. The molecule has 2 fully saturated rings. The average Bonchev–Trinajstić information content (AvgIpc) is 2.80. The van der Waals surface area contributed by atoms with Crippen LogP contribution in [0.5, 0.6) is 0 Å². The van der Waals surface area contributed by atoms with Gasteiger partial charge in [0.25, 0.3) is 0 Å². The van der Waals surface area contributed by atoms with Crippen molar-refractivity contribution in [3.8, 4) is 0 Å². The fraction of sp³-hybridized carbons (Fsp3) is 0.909. The van der Waals surface area contributed by atoms with E-state index in [2.05, 4.69) is 5.32 Å². The summed E-state index contributed by atoms with van der Waals surface area (Å²) in [7, 11) is 0. The summed E-state index contributed by atoms with van der Waals surface area (Å²) in [6, 6.07) is 0.0394. The van der Waals surface area contributed by atoms with Crippen molar-refractivity contribution in [2.24, 2.45) is 5.41 Å². The molecular weight excluding hydrogens is 217 g/mol. The molecule has 2 aliphatic carbocycles. The van der Waals surface area contributed by atoms with E-state index in [0.717, 1.165) is 25.7 Å². The van der Waals surface area contributed by atoms with E-state index < -0.39 is 11.6 Å². The number of hydrogen-bond acceptors (Lipinski definition) is 1. The summed E-state index contributed by atoms with van der Waals surface area (Å²) in [6.07, 6.45) is 3.50. The maximum Gasteiger partial charge on any atom is 0.229 e. The third-order valence-electron chi connectivity index (χ3n) is 3.65. The Morgan fingerprint density at radius 2 is 2.07 bits per heavy atom. The van der Waals surface area contributed by atoms with Gasteiger partial charge in [-0.15, -0.1) is 11.6 Å². The highest BCUT2D eigenvalue weighted by Gasteiger charge is 2.57. The molecule has 4 atom stereocenters. The van der Waals surface area contributed by atoms with E-state index in [1.165, 1.54) is 0 Å². The van der Waals surface area contributed by atoms with Gasteiger partial charge in [-0.3, -0.25) is 4.79 Å². The molecule has 0 aromatic carbocycles. The Balaban J connectivity index is 1.88. The summed E-state index contributed by atoms with van der Waals surface area (Å²) < 4.78 is 13.0. The number of carbonyl (C=O) groups excluding carboxylic acids is 1. The molecule has 0 aliphatic heterocycles. The number of carbonyl (C=O) groups is 1. The van der Waals surface area contributed by atoms with Crippen LogP contribution in [0.15, 0.2) is 0 Å². The number of amides is 1. The fourth-order valence-electron chi connectivity index (χ4n) is 2.13. The Morgan fingerprint density at radius 3 is 2.60 bits per heavy atom. The van der Waals surface area contributed by atoms with E-state index in [4.69, 9.17) is 11.6 Å². The number of nitrogens with one attached hydrogen (secondary N) is 1. The van der Waals surface area contributed by atoms with Gasteiger partial charge >= 0.3 is 0 Å². The van der Waals surface area contributed by atoms with Crippen LogP contribution in [-0.2, 0) is 4.79 Å². The topological polar surface area (TPSA) is 29.1 Å². The lowest BCUT2D eigenvalue weighted by Crippen LogP contribution is -2.45. The van der Waals surface area contributed by atoms with Crippen LogP contribution in [0.1, 0.15) is 39.0 Å². The number of rotatable bonds is 2. The molecule has 86 valence electrons. The average molecular weight is 234 g/mol. The summed E-state index contributed by atoms with van der Waals surface area (Å²) in [5.74, 6) is -0.160. The number of alkyl halides is 2. The lowest BCUT2D eigenvalue weighted by atomic mass is 9.94. The first-order valence-corrected chi connectivity index (χ1v) is 6.07. The van der Waals surface area contributed by atoms with Crippen molar-refractivity contribution in [1.82, 2.24) is 5.32 Å². The van der Waals surface area contributed by atoms with Gasteiger partial charge < -0.3 is 5.32 Å². The molecule has 2 nitrogen and oxygen atoms in total. The summed E-state index contributed by atoms with van der Waals surface area (Å²) >= 11 is 6.13. The minimum absolute atomic E-state index is 0.0168. The summed E-state index contributed by atoms with van der Waals surface area (Å²) in [4.78, 5) is 11.7. The van der Waals surface area contributed by atoms with Crippen LogP contribution < -0.4 is 5.32 Å². The largest absolute Gasteiger partial charge is 0.351 e. The second-order valence-corrected chi connectivity index (χ2v) is 5.53. The monoisotopic (exact) mass is 233 g/mol. The number of hydrogen-bond donors (Lipinski definition) is 1. The fourth-order valence-corrected chi connectivity index (χ4v) is 2.47. The molecule has 2 rings (SSSR count). The Morgan fingerprint density at radius 1 is 1.47 bits per heavy atom. The molecule has 0 bridgehead atoms. The van der Waals surface area contributed by atoms with Gasteiger partial charge in [0.1, 0.15) is 6.17 Å². The van der Waals surface area contributed by atoms with E-state index in [-0.39, 0.29) is 17.3 Å². The zero-order chi connectivity index (χ0) is 11.1. The van der Waals surface area contributed by atoms with E-state index >= 15 is 0 Å². The van der Waals surface area contributed by atoms with Crippen molar-refractivity contribution < 1.29 is 9.18 Å². The lowest BCUT2D eigenvalue weighted by Gasteiger charge is -2.28. The predicted molar refractivity (Wildman–Crippen MR) is 57.7 cm³/mol. The van der Waals surface area contributed by atoms with Gasteiger partial charge in [-0.05, 0) is 26.2 Å². The molecule has 1 N–H and O–H groups in total. The maximum absolute atomic E-state index is 13.0. The van der Waals surface area contributed by atoms with E-state index in [1.54, 1.807) is 6.92 Å². The van der Waals surface area contributed by atoms with Crippen LogP contribution in [0.2, 0.25) is 0 Å². The molecule has 2 aliphatic rings. The normalized spacial score (nSPS) is 44.9. The summed E-state index contributed by atoms with van der Waals surface area (Å²) in [5.41, 5.74) is -0.770. The first-order chi connectivity index (χ1) is 7.04. The Hall–Kier alpha value is -0.310. The molecule has 15 heavy (non-hydrogen) atoms. The van der Waals surface area contributed by atoms with E-state index in [0.29, 0.717) is 6.42 Å². The minimum atomic E-state index is -0.963. The van der Waals surface area contributed by atoms with Gasteiger partial charge in [0.05, 0.1) is 10.8 Å². The zero-order valence-corrected chi connectivity index (χ0v) is 9.69. The van der Waals surface area contributed by atoms with E-state index in [1.807, 2.05) is 0 Å². The third-order valence-corrected chi connectivity index (χ3v) is 4.17. The van der Waals surface area contributed by atoms with Gasteiger partial charge in [0, 0.05) is 6.04 Å². The first kappa shape index (κ1) is 11.2. The van der Waals surface area contributed by atoms with Crippen molar-refractivity contribution in [3.63, 3.8) is 0 Å². The molecule has 0 aromatic rings. The zero-order valence-electron chi connectivity index (χ0n) is 8.93. The molecule has 4 unspecified atom stereocenters. The predicted octanol–water partition coefficient (Wildman–Crippen LogP) is 2.40. The van der Waals surface area contributed by atoms with Crippen LogP contribution in [0.3, 0.4) is 0 Å². The third kappa shape index (κ3) is 2.12. The molecule has 0 radical (unpaired) electrons. The van der Waals surface area contributed by atoms with Crippen molar-refractivity contribution in [2.45, 2.75) is 56.6 Å². The molecule has 0 aromatic heterocycles. The van der Waals surface area contributed by atoms with Crippen LogP contribution in [0.4, 0.5) is 4.39 Å². The van der Waals surface area contributed by atoms with Crippen molar-refractivity contribution in [2.75, 3.05) is 0 Å². The van der Waals surface area contributed by atoms with Crippen molar-refractivity contribution >= 4 is 17.5 Å². The van der Waals surface area contributed by atoms with Gasteiger partial charge in [-0.2, -0.15) is 0 Å². The minimum Gasteiger partial charge on any atom is -0.351 e. The molecule has 2 saturated carbocycles. The molecular formula is C11H17ClFNO. The maximum atomic E-state index is 13.0. The molecule has 0 spiro atoms. The standard InChI is InChI=1S/C11H17ClFNO/c1-11(6-9(11)13)10(15)14-8-5-3-2-4-7(8)12/h7-9H,2-6H2,1H3,(H,14,15). The molecule has 1 amide bonds. The molecule has 0 saturated heterocycles. The summed E-state index contributed by atoms with van der Waals surface area (Å²) in [5, 5.41) is 2.91. The Kier molecular flexibility index (Phi) is 2.93. The van der Waals surface area contributed by atoms with Gasteiger partial charge in [-0.1, -0.05) is 12.8 Å². The SMILES string of the molecule is CC1(C(=O)NC2CCCCC2Cl)CC1F. The Labute approximate surface area is 94.6 Å². The highest BCUT2D eigenvalue weighted by molar-refractivity contribution is 6.21. The van der Waals surface area contributed by atoms with Crippen LogP contribution in [0.25, 0.3) is 0 Å². The Bertz CT molecular complexity index is 273.